The third kappa shape index (κ3) is 3.55. The zero-order valence-corrected chi connectivity index (χ0v) is 14.8. The Bertz CT molecular complexity index is 649. The molecule has 3 fully saturated rings. The minimum atomic E-state index is 0.194. The van der Waals surface area contributed by atoms with E-state index in [0.29, 0.717) is 17.6 Å². The Hall–Kier alpha value is -1.93. The van der Waals surface area contributed by atoms with Crippen LogP contribution in [0.4, 0.5) is 0 Å². The van der Waals surface area contributed by atoms with Crippen molar-refractivity contribution in [2.24, 2.45) is 5.92 Å². The average Bonchev–Trinajstić information content (AvgIpc) is 2.69. The summed E-state index contributed by atoms with van der Waals surface area (Å²) in [6, 6.07) is 21.8. The molecule has 2 nitrogen and oxygen atoms in total. The van der Waals surface area contributed by atoms with Gasteiger partial charge >= 0.3 is 0 Å². The molecule has 3 aliphatic rings. The summed E-state index contributed by atoms with van der Waals surface area (Å²) in [5, 5.41) is 0. The maximum atomic E-state index is 12.6. The summed E-state index contributed by atoms with van der Waals surface area (Å²) in [4.78, 5) is 15.0. The van der Waals surface area contributed by atoms with Gasteiger partial charge < -0.3 is 0 Å². The standard InChI is InChI=1S/C23H27NO/c25-23-20-14-16-24(17-15-20)22(23)13-7-12-21(18-8-3-1-4-9-18)19-10-5-2-6-11-19/h1-6,8-11,20-22H,7,12-17H2. The Morgan fingerprint density at radius 3 is 1.96 bits per heavy atom. The van der Waals surface area contributed by atoms with Gasteiger partial charge in [0.2, 0.25) is 0 Å². The number of Topliss-reactive ketones (excluding diaryl/α,β-unsaturated/α-hetero) is 1. The number of carbonyl (C=O) groups excluding carboxylic acids is 1. The summed E-state index contributed by atoms with van der Waals surface area (Å²) in [6.45, 7) is 2.25. The van der Waals surface area contributed by atoms with Crippen molar-refractivity contribution in [2.75, 3.05) is 13.1 Å². The smallest absolute Gasteiger partial charge is 0.153 e. The maximum Gasteiger partial charge on any atom is 0.153 e. The van der Waals surface area contributed by atoms with Crippen LogP contribution in [0.15, 0.2) is 60.7 Å². The lowest BCUT2D eigenvalue weighted by molar-refractivity contribution is -0.137. The van der Waals surface area contributed by atoms with Gasteiger partial charge in [-0.05, 0) is 49.9 Å². The highest BCUT2D eigenvalue weighted by molar-refractivity contribution is 5.87. The predicted molar refractivity (Wildman–Crippen MR) is 102 cm³/mol. The number of rotatable bonds is 6. The van der Waals surface area contributed by atoms with Crippen molar-refractivity contribution in [2.45, 2.75) is 44.1 Å². The third-order valence-electron chi connectivity index (χ3n) is 6.08. The molecule has 0 spiro atoms. The van der Waals surface area contributed by atoms with E-state index in [1.165, 1.54) is 11.1 Å². The van der Waals surface area contributed by atoms with Crippen LogP contribution >= 0.6 is 0 Å². The number of hydrogen-bond donors (Lipinski definition) is 0. The molecule has 0 saturated carbocycles. The largest absolute Gasteiger partial charge is 0.298 e. The Kier molecular flexibility index (Phi) is 4.98. The molecule has 0 radical (unpaired) electrons. The van der Waals surface area contributed by atoms with Crippen LogP contribution in [0.3, 0.4) is 0 Å². The second kappa shape index (κ2) is 7.53. The molecular formula is C23H27NO. The zero-order chi connectivity index (χ0) is 17.1. The van der Waals surface area contributed by atoms with E-state index in [-0.39, 0.29) is 6.04 Å². The van der Waals surface area contributed by atoms with E-state index < -0.39 is 0 Å². The normalized spacial score (nSPS) is 25.5. The Morgan fingerprint density at radius 2 is 1.44 bits per heavy atom. The fraction of sp³-hybridized carbons (Fsp3) is 0.435. The molecule has 5 rings (SSSR count). The van der Waals surface area contributed by atoms with E-state index in [4.69, 9.17) is 0 Å². The Morgan fingerprint density at radius 1 is 0.880 bits per heavy atom. The molecule has 3 saturated heterocycles. The molecule has 3 aliphatic heterocycles. The molecule has 130 valence electrons. The molecule has 25 heavy (non-hydrogen) atoms. The zero-order valence-electron chi connectivity index (χ0n) is 14.8. The monoisotopic (exact) mass is 333 g/mol. The Balaban J connectivity index is 1.44. The molecule has 1 atom stereocenters. The van der Waals surface area contributed by atoms with Gasteiger partial charge in [0.1, 0.15) is 0 Å². The minimum Gasteiger partial charge on any atom is -0.298 e. The second-order valence-electron chi connectivity index (χ2n) is 7.53. The topological polar surface area (TPSA) is 20.3 Å². The van der Waals surface area contributed by atoms with E-state index in [2.05, 4.69) is 65.6 Å². The van der Waals surface area contributed by atoms with Gasteiger partial charge in [-0.1, -0.05) is 67.1 Å². The Labute approximate surface area is 150 Å². The number of nitrogens with zero attached hydrogens (tertiary/aromatic N) is 1. The summed E-state index contributed by atoms with van der Waals surface area (Å²) in [5.41, 5.74) is 2.76. The van der Waals surface area contributed by atoms with Crippen molar-refractivity contribution in [1.82, 2.24) is 4.90 Å². The van der Waals surface area contributed by atoms with Crippen LogP contribution in [0.25, 0.3) is 0 Å². The summed E-state index contributed by atoms with van der Waals surface area (Å²) in [7, 11) is 0. The number of piperidine rings is 3. The highest BCUT2D eigenvalue weighted by atomic mass is 16.1. The first-order valence-electron chi connectivity index (χ1n) is 9.70. The molecule has 2 bridgehead atoms. The lowest BCUT2D eigenvalue weighted by Gasteiger charge is -2.44. The molecule has 0 aliphatic carbocycles. The summed E-state index contributed by atoms with van der Waals surface area (Å²) in [5.74, 6) is 1.30. The first-order valence-corrected chi connectivity index (χ1v) is 9.70. The molecule has 2 aromatic rings. The highest BCUT2D eigenvalue weighted by Gasteiger charge is 2.40. The van der Waals surface area contributed by atoms with Crippen molar-refractivity contribution in [3.8, 4) is 0 Å². The first-order chi connectivity index (χ1) is 12.3. The van der Waals surface area contributed by atoms with Gasteiger partial charge in [0.25, 0.3) is 0 Å². The molecular weight excluding hydrogens is 306 g/mol. The van der Waals surface area contributed by atoms with Crippen LogP contribution in [0.2, 0.25) is 0 Å². The third-order valence-corrected chi connectivity index (χ3v) is 6.08. The summed E-state index contributed by atoms with van der Waals surface area (Å²) < 4.78 is 0. The fourth-order valence-corrected chi connectivity index (χ4v) is 4.68. The van der Waals surface area contributed by atoms with Crippen LogP contribution < -0.4 is 0 Å². The van der Waals surface area contributed by atoms with E-state index >= 15 is 0 Å². The van der Waals surface area contributed by atoms with E-state index in [0.717, 1.165) is 45.2 Å². The van der Waals surface area contributed by atoms with Crippen LogP contribution in [0, 0.1) is 5.92 Å². The minimum absolute atomic E-state index is 0.194. The molecule has 2 heteroatoms. The molecule has 2 aromatic carbocycles. The van der Waals surface area contributed by atoms with Gasteiger partial charge in [0, 0.05) is 11.8 Å². The van der Waals surface area contributed by atoms with Crippen LogP contribution in [-0.2, 0) is 4.79 Å². The number of benzene rings is 2. The van der Waals surface area contributed by atoms with E-state index in [1.54, 1.807) is 0 Å². The van der Waals surface area contributed by atoms with Gasteiger partial charge in [-0.3, -0.25) is 9.69 Å². The van der Waals surface area contributed by atoms with Gasteiger partial charge in [-0.2, -0.15) is 0 Å². The number of hydrogen-bond acceptors (Lipinski definition) is 2. The first kappa shape index (κ1) is 16.5. The molecule has 3 heterocycles. The lowest BCUT2D eigenvalue weighted by Crippen LogP contribution is -2.55. The van der Waals surface area contributed by atoms with Crippen molar-refractivity contribution >= 4 is 5.78 Å². The van der Waals surface area contributed by atoms with Crippen molar-refractivity contribution in [3.63, 3.8) is 0 Å². The van der Waals surface area contributed by atoms with Gasteiger partial charge in [-0.25, -0.2) is 0 Å². The summed E-state index contributed by atoms with van der Waals surface area (Å²) in [6.07, 6.45) is 5.41. The van der Waals surface area contributed by atoms with Gasteiger partial charge in [0.15, 0.2) is 5.78 Å². The second-order valence-corrected chi connectivity index (χ2v) is 7.53. The molecule has 0 amide bonds. The highest BCUT2D eigenvalue weighted by Crippen LogP contribution is 2.34. The van der Waals surface area contributed by atoms with Gasteiger partial charge in [0.05, 0.1) is 6.04 Å². The van der Waals surface area contributed by atoms with E-state index in [1.807, 2.05) is 0 Å². The maximum absolute atomic E-state index is 12.6. The average molecular weight is 333 g/mol. The van der Waals surface area contributed by atoms with Crippen LogP contribution in [0.1, 0.15) is 49.1 Å². The molecule has 0 aromatic heterocycles. The number of ketones is 1. The number of fused-ring (bicyclic) bond motifs is 3. The fourth-order valence-electron chi connectivity index (χ4n) is 4.68. The van der Waals surface area contributed by atoms with Crippen LogP contribution in [0.5, 0.6) is 0 Å². The predicted octanol–water partition coefficient (Wildman–Crippen LogP) is 4.65. The quantitative estimate of drug-likeness (QED) is 0.767. The lowest BCUT2D eigenvalue weighted by atomic mass is 9.79. The SMILES string of the molecule is O=C1C2CCN(CC2)C1CCCC(c1ccccc1)c1ccccc1. The van der Waals surface area contributed by atoms with E-state index in [9.17, 15) is 4.79 Å². The molecule has 0 N–H and O–H groups in total. The van der Waals surface area contributed by atoms with Crippen molar-refractivity contribution in [1.29, 1.82) is 0 Å². The number of carbonyl (C=O) groups is 1. The van der Waals surface area contributed by atoms with Crippen molar-refractivity contribution < 1.29 is 4.79 Å². The molecule has 1 unspecified atom stereocenters. The van der Waals surface area contributed by atoms with Crippen LogP contribution in [-0.4, -0.2) is 29.8 Å². The summed E-state index contributed by atoms with van der Waals surface area (Å²) >= 11 is 0. The van der Waals surface area contributed by atoms with Crippen molar-refractivity contribution in [3.05, 3.63) is 71.8 Å². The van der Waals surface area contributed by atoms with Gasteiger partial charge in [-0.15, -0.1) is 0 Å².